The molecule has 1 aromatic heterocycles. The van der Waals surface area contributed by atoms with Gasteiger partial charge in [-0.25, -0.2) is 9.78 Å². The van der Waals surface area contributed by atoms with Crippen LogP contribution in [0.15, 0.2) is 54.6 Å². The van der Waals surface area contributed by atoms with Crippen LogP contribution >= 0.6 is 11.3 Å². The molecule has 1 amide bonds. The zero-order valence-corrected chi connectivity index (χ0v) is 17.7. The van der Waals surface area contributed by atoms with E-state index in [0.29, 0.717) is 10.6 Å². The molecule has 0 spiro atoms. The van der Waals surface area contributed by atoms with Gasteiger partial charge < -0.3 is 10.1 Å². The number of amides is 1. The molecule has 6 heteroatoms. The van der Waals surface area contributed by atoms with E-state index in [9.17, 15) is 9.59 Å². The van der Waals surface area contributed by atoms with Crippen molar-refractivity contribution in [2.45, 2.75) is 39.7 Å². The molecule has 0 fully saturated rings. The van der Waals surface area contributed by atoms with Gasteiger partial charge in [0.15, 0.2) is 6.10 Å². The first-order valence-corrected chi connectivity index (χ1v) is 10.3. The van der Waals surface area contributed by atoms with Gasteiger partial charge in [0, 0.05) is 11.3 Å². The lowest BCUT2D eigenvalue weighted by Crippen LogP contribution is -2.30. The largest absolute Gasteiger partial charge is 0.448 e. The lowest BCUT2D eigenvalue weighted by atomic mass is 10.0. The van der Waals surface area contributed by atoms with Gasteiger partial charge in [-0.15, -0.1) is 11.3 Å². The Morgan fingerprint density at radius 2 is 1.66 bits per heavy atom. The van der Waals surface area contributed by atoms with Gasteiger partial charge >= 0.3 is 5.97 Å². The van der Waals surface area contributed by atoms with Gasteiger partial charge in [0.1, 0.15) is 9.88 Å². The third kappa shape index (κ3) is 4.90. The molecule has 5 nitrogen and oxygen atoms in total. The Bertz CT molecular complexity index is 1010. The number of hydrogen-bond donors (Lipinski definition) is 1. The Morgan fingerprint density at radius 3 is 2.34 bits per heavy atom. The van der Waals surface area contributed by atoms with Gasteiger partial charge in [-0.3, -0.25) is 4.79 Å². The second kappa shape index (κ2) is 9.01. The van der Waals surface area contributed by atoms with Crippen molar-refractivity contribution in [1.29, 1.82) is 0 Å². The summed E-state index contributed by atoms with van der Waals surface area (Å²) in [6.45, 7) is 7.46. The average Bonchev–Trinajstić information content (AvgIpc) is 3.10. The number of nitrogens with one attached hydrogen (secondary N) is 1. The Balaban J connectivity index is 1.69. The molecule has 1 N–H and O–H groups in total. The molecule has 0 unspecified atom stereocenters. The van der Waals surface area contributed by atoms with Crippen LogP contribution in [-0.4, -0.2) is 23.0 Å². The van der Waals surface area contributed by atoms with E-state index in [1.807, 2.05) is 54.6 Å². The fourth-order valence-electron chi connectivity index (χ4n) is 2.91. The Morgan fingerprint density at radius 1 is 1.00 bits per heavy atom. The monoisotopic (exact) mass is 408 g/mol. The minimum Gasteiger partial charge on any atom is -0.448 e. The van der Waals surface area contributed by atoms with Crippen molar-refractivity contribution in [2.75, 3.05) is 5.32 Å². The van der Waals surface area contributed by atoms with Crippen molar-refractivity contribution >= 4 is 28.9 Å². The highest BCUT2D eigenvalue weighted by molar-refractivity contribution is 7.17. The van der Waals surface area contributed by atoms with Gasteiger partial charge in [0.2, 0.25) is 0 Å². The Hall–Kier alpha value is -2.99. The van der Waals surface area contributed by atoms with Crippen LogP contribution in [-0.2, 0) is 9.53 Å². The summed E-state index contributed by atoms with van der Waals surface area (Å²) in [6, 6.07) is 17.3. The van der Waals surface area contributed by atoms with Crippen LogP contribution < -0.4 is 5.32 Å². The SMILES string of the molecule is Cc1nc(-c2ccccc2)sc1C(=O)O[C@@H](C)C(=O)Nc1ccccc1C(C)C. The van der Waals surface area contributed by atoms with Crippen LogP contribution in [0.1, 0.15) is 47.6 Å². The first kappa shape index (κ1) is 20.7. The summed E-state index contributed by atoms with van der Waals surface area (Å²) in [7, 11) is 0. The molecule has 0 aliphatic heterocycles. The summed E-state index contributed by atoms with van der Waals surface area (Å²) in [5.41, 5.74) is 3.30. The molecule has 3 rings (SSSR count). The third-order valence-electron chi connectivity index (χ3n) is 4.50. The number of carbonyl (C=O) groups excluding carboxylic acids is 2. The average molecular weight is 409 g/mol. The van der Waals surface area contributed by atoms with Crippen molar-refractivity contribution < 1.29 is 14.3 Å². The van der Waals surface area contributed by atoms with Crippen LogP contribution in [0.5, 0.6) is 0 Å². The highest BCUT2D eigenvalue weighted by Gasteiger charge is 2.23. The fraction of sp³-hybridized carbons (Fsp3) is 0.261. The first-order valence-electron chi connectivity index (χ1n) is 9.50. The van der Waals surface area contributed by atoms with Gasteiger partial charge in [-0.1, -0.05) is 62.4 Å². The van der Waals surface area contributed by atoms with E-state index in [-0.39, 0.29) is 11.8 Å². The molecule has 2 aromatic carbocycles. The highest BCUT2D eigenvalue weighted by Crippen LogP contribution is 2.29. The standard InChI is InChI=1S/C23H24N2O3S/c1-14(2)18-12-8-9-13-19(18)25-21(26)16(4)28-23(27)20-15(3)24-22(29-20)17-10-6-5-7-11-17/h5-14,16H,1-4H3,(H,25,26)/t16-/m0/s1. The summed E-state index contributed by atoms with van der Waals surface area (Å²) in [6.07, 6.45) is -0.926. The molecule has 0 saturated heterocycles. The van der Waals surface area contributed by atoms with Gasteiger partial charge in [-0.05, 0) is 31.4 Å². The normalized spacial score (nSPS) is 11.9. The summed E-state index contributed by atoms with van der Waals surface area (Å²) in [4.78, 5) is 30.1. The lowest BCUT2D eigenvalue weighted by molar-refractivity contribution is -0.123. The van der Waals surface area contributed by atoms with Crippen molar-refractivity contribution in [3.8, 4) is 10.6 Å². The number of esters is 1. The number of aryl methyl sites for hydroxylation is 1. The van der Waals surface area contributed by atoms with Gasteiger partial charge in [0.25, 0.3) is 5.91 Å². The number of anilines is 1. The number of thiazole rings is 1. The van der Waals surface area contributed by atoms with E-state index in [4.69, 9.17) is 4.74 Å². The number of hydrogen-bond acceptors (Lipinski definition) is 5. The van der Waals surface area contributed by atoms with E-state index < -0.39 is 12.1 Å². The molecule has 0 radical (unpaired) electrons. The van der Waals surface area contributed by atoms with Gasteiger partial charge in [0.05, 0.1) is 5.69 Å². The number of rotatable bonds is 6. The van der Waals surface area contributed by atoms with E-state index in [1.54, 1.807) is 13.8 Å². The number of nitrogens with zero attached hydrogens (tertiary/aromatic N) is 1. The molecule has 0 aliphatic carbocycles. The zero-order chi connectivity index (χ0) is 21.0. The first-order chi connectivity index (χ1) is 13.9. The second-order valence-electron chi connectivity index (χ2n) is 7.08. The maximum Gasteiger partial charge on any atom is 0.351 e. The topological polar surface area (TPSA) is 68.3 Å². The van der Waals surface area contributed by atoms with E-state index in [0.717, 1.165) is 21.8 Å². The molecule has 0 saturated carbocycles. The predicted molar refractivity (Wildman–Crippen MR) is 116 cm³/mol. The molecular weight excluding hydrogens is 384 g/mol. The number of para-hydroxylation sites is 1. The Labute approximate surface area is 174 Å². The minimum absolute atomic E-state index is 0.264. The predicted octanol–water partition coefficient (Wildman–Crippen LogP) is 5.43. The number of ether oxygens (including phenoxy) is 1. The molecule has 1 atom stereocenters. The minimum atomic E-state index is -0.926. The summed E-state index contributed by atoms with van der Waals surface area (Å²) in [5.74, 6) is -0.639. The van der Waals surface area contributed by atoms with Crippen LogP contribution in [0.2, 0.25) is 0 Å². The van der Waals surface area contributed by atoms with Crippen LogP contribution in [0, 0.1) is 6.92 Å². The van der Waals surface area contributed by atoms with Crippen molar-refractivity contribution in [2.24, 2.45) is 0 Å². The van der Waals surface area contributed by atoms with Crippen LogP contribution in [0.25, 0.3) is 10.6 Å². The molecule has 3 aromatic rings. The summed E-state index contributed by atoms with van der Waals surface area (Å²) in [5, 5.41) is 3.61. The Kier molecular flexibility index (Phi) is 6.44. The number of aromatic nitrogens is 1. The number of benzene rings is 2. The lowest BCUT2D eigenvalue weighted by Gasteiger charge is -2.16. The van der Waals surface area contributed by atoms with Crippen molar-refractivity contribution in [3.63, 3.8) is 0 Å². The van der Waals surface area contributed by atoms with E-state index in [2.05, 4.69) is 24.1 Å². The molecular formula is C23H24N2O3S. The van der Waals surface area contributed by atoms with Crippen LogP contribution in [0.3, 0.4) is 0 Å². The molecule has 0 bridgehead atoms. The quantitative estimate of drug-likeness (QED) is 0.553. The molecule has 0 aliphatic rings. The summed E-state index contributed by atoms with van der Waals surface area (Å²) >= 11 is 1.27. The van der Waals surface area contributed by atoms with Crippen molar-refractivity contribution in [3.05, 3.63) is 70.7 Å². The highest BCUT2D eigenvalue weighted by atomic mass is 32.1. The third-order valence-corrected chi connectivity index (χ3v) is 5.68. The number of carbonyl (C=O) groups is 2. The van der Waals surface area contributed by atoms with E-state index >= 15 is 0 Å². The summed E-state index contributed by atoms with van der Waals surface area (Å²) < 4.78 is 5.42. The molecule has 1 heterocycles. The van der Waals surface area contributed by atoms with Crippen LogP contribution in [0.4, 0.5) is 5.69 Å². The van der Waals surface area contributed by atoms with Crippen molar-refractivity contribution in [1.82, 2.24) is 4.98 Å². The second-order valence-corrected chi connectivity index (χ2v) is 8.08. The molecule has 29 heavy (non-hydrogen) atoms. The van der Waals surface area contributed by atoms with Gasteiger partial charge in [-0.2, -0.15) is 0 Å². The maximum absolute atomic E-state index is 12.6. The van der Waals surface area contributed by atoms with E-state index in [1.165, 1.54) is 11.3 Å². The zero-order valence-electron chi connectivity index (χ0n) is 16.9. The fourth-order valence-corrected chi connectivity index (χ4v) is 3.86. The molecule has 150 valence electrons. The maximum atomic E-state index is 12.6. The smallest absolute Gasteiger partial charge is 0.351 e.